The summed E-state index contributed by atoms with van der Waals surface area (Å²) in [6.45, 7) is 6.56. The normalized spacial score (nSPS) is 13.9. The van der Waals surface area contributed by atoms with E-state index in [0.29, 0.717) is 36.6 Å². The lowest BCUT2D eigenvalue weighted by Crippen LogP contribution is -2.40. The molecule has 0 bridgehead atoms. The Morgan fingerprint density at radius 1 is 1.14 bits per heavy atom. The maximum absolute atomic E-state index is 13.0. The molecule has 4 rings (SSSR count). The summed E-state index contributed by atoms with van der Waals surface area (Å²) in [6.07, 6.45) is -3.40. The van der Waals surface area contributed by atoms with Crippen LogP contribution >= 0.6 is 11.6 Å². The maximum atomic E-state index is 13.0. The number of nitrogens with zero attached hydrogens (tertiary/aromatic N) is 5. The number of anilines is 1. The molecule has 0 unspecified atom stereocenters. The van der Waals surface area contributed by atoms with Gasteiger partial charge in [-0.15, -0.1) is 0 Å². The van der Waals surface area contributed by atoms with Crippen molar-refractivity contribution in [1.29, 1.82) is 0 Å². The number of fused-ring (bicyclic) bond motifs is 1. The molecule has 1 aliphatic heterocycles. The number of nitrogens with one attached hydrogen (secondary N) is 1. The van der Waals surface area contributed by atoms with Crippen LogP contribution in [-0.4, -0.2) is 42.7 Å². The molecule has 1 aromatic carbocycles. The fourth-order valence-corrected chi connectivity index (χ4v) is 4.04. The second-order valence-electron chi connectivity index (χ2n) is 9.53. The van der Waals surface area contributed by atoms with Crippen LogP contribution in [0.25, 0.3) is 11.4 Å². The van der Waals surface area contributed by atoms with Crippen molar-refractivity contribution in [2.24, 2.45) is 7.05 Å². The van der Waals surface area contributed by atoms with Crippen molar-refractivity contribution < 1.29 is 22.7 Å². The molecule has 3 aromatic rings. The van der Waals surface area contributed by atoms with E-state index >= 15 is 0 Å². The lowest BCUT2D eigenvalue weighted by atomic mass is 10.1. The van der Waals surface area contributed by atoms with Gasteiger partial charge in [0, 0.05) is 37.5 Å². The molecule has 0 saturated carbocycles. The third-order valence-corrected chi connectivity index (χ3v) is 5.70. The first-order valence-electron chi connectivity index (χ1n) is 11.3. The summed E-state index contributed by atoms with van der Waals surface area (Å²) in [5.74, 6) is 0.810. The van der Waals surface area contributed by atoms with E-state index in [1.54, 1.807) is 17.0 Å². The average Bonchev–Trinajstić information content (AvgIpc) is 3.18. The van der Waals surface area contributed by atoms with Crippen LogP contribution in [0.4, 0.5) is 23.8 Å². The number of ether oxygens (including phenoxy) is 1. The van der Waals surface area contributed by atoms with E-state index in [4.69, 9.17) is 16.3 Å². The van der Waals surface area contributed by atoms with E-state index in [1.165, 1.54) is 11.6 Å². The zero-order valence-corrected chi connectivity index (χ0v) is 21.0. The highest BCUT2D eigenvalue weighted by atomic mass is 35.5. The number of carbonyl (C=O) groups excluding carboxylic acids is 1. The number of benzene rings is 1. The van der Waals surface area contributed by atoms with Crippen molar-refractivity contribution >= 4 is 23.5 Å². The predicted molar refractivity (Wildman–Crippen MR) is 128 cm³/mol. The van der Waals surface area contributed by atoms with Crippen molar-refractivity contribution in [2.75, 3.05) is 11.9 Å². The van der Waals surface area contributed by atoms with E-state index < -0.39 is 23.6 Å². The van der Waals surface area contributed by atoms with E-state index in [9.17, 15) is 18.0 Å². The Morgan fingerprint density at radius 2 is 1.83 bits per heavy atom. The molecule has 0 spiro atoms. The lowest BCUT2D eigenvalue weighted by Gasteiger charge is -2.31. The fraction of sp³-hybridized carbons (Fsp3) is 0.417. The van der Waals surface area contributed by atoms with Crippen molar-refractivity contribution in [3.63, 3.8) is 0 Å². The summed E-state index contributed by atoms with van der Waals surface area (Å²) in [4.78, 5) is 26.4. The molecule has 1 amide bonds. The molecule has 3 heterocycles. The summed E-state index contributed by atoms with van der Waals surface area (Å²) in [6, 6.07) is 7.06. The van der Waals surface area contributed by atoms with Crippen LogP contribution in [-0.2, 0) is 37.5 Å². The van der Waals surface area contributed by atoms with Gasteiger partial charge >= 0.3 is 12.3 Å². The minimum absolute atomic E-state index is 0.0629. The number of aromatic nitrogens is 4. The van der Waals surface area contributed by atoms with Crippen molar-refractivity contribution in [1.82, 2.24) is 24.4 Å². The van der Waals surface area contributed by atoms with Gasteiger partial charge in [-0.3, -0.25) is 0 Å². The zero-order chi connectivity index (χ0) is 26.3. The quantitative estimate of drug-likeness (QED) is 0.458. The number of hydrogen-bond acceptors (Lipinski definition) is 6. The van der Waals surface area contributed by atoms with Gasteiger partial charge in [0.25, 0.3) is 0 Å². The maximum Gasteiger partial charge on any atom is 0.434 e. The molecular formula is C24H26ClF3N6O2. The van der Waals surface area contributed by atoms with E-state index in [1.807, 2.05) is 32.9 Å². The van der Waals surface area contributed by atoms with Gasteiger partial charge in [-0.1, -0.05) is 24.3 Å². The highest BCUT2D eigenvalue weighted by Gasteiger charge is 2.34. The minimum atomic E-state index is -4.50. The predicted octanol–water partition coefficient (Wildman–Crippen LogP) is 5.45. The second-order valence-corrected chi connectivity index (χ2v) is 9.87. The Bertz CT molecular complexity index is 1270. The number of halogens is 4. The lowest BCUT2D eigenvalue weighted by molar-refractivity contribution is -0.140. The van der Waals surface area contributed by atoms with Crippen LogP contribution in [0.3, 0.4) is 0 Å². The standard InChI is InChI=1S/C24H26ClF3N6O2/c1-23(2,3)36-22(35)34-10-9-16-17(12-34)30-21(25)32-19(16)29-11-14-5-7-15(8-6-14)20-31-18(13-33(20)4)24(26,27)28/h5-8,13H,9-12H2,1-4H3,(H,29,30,32). The molecule has 2 aromatic heterocycles. The second kappa shape index (κ2) is 9.61. The third-order valence-electron chi connectivity index (χ3n) is 5.53. The van der Waals surface area contributed by atoms with Crippen LogP contribution in [0, 0.1) is 0 Å². The summed E-state index contributed by atoms with van der Waals surface area (Å²) in [5.41, 5.74) is 1.46. The van der Waals surface area contributed by atoms with Gasteiger partial charge in [0.2, 0.25) is 5.28 Å². The first-order chi connectivity index (χ1) is 16.8. The largest absolute Gasteiger partial charge is 0.444 e. The molecule has 0 atom stereocenters. The molecule has 36 heavy (non-hydrogen) atoms. The first-order valence-corrected chi connectivity index (χ1v) is 11.6. The Morgan fingerprint density at radius 3 is 2.44 bits per heavy atom. The molecule has 1 N–H and O–H groups in total. The topological polar surface area (TPSA) is 85.2 Å². The van der Waals surface area contributed by atoms with Crippen LogP contribution in [0.2, 0.25) is 5.28 Å². The molecule has 192 valence electrons. The van der Waals surface area contributed by atoms with Crippen LogP contribution in [0.1, 0.15) is 43.3 Å². The molecule has 0 fully saturated rings. The summed E-state index contributed by atoms with van der Waals surface area (Å²) in [7, 11) is 1.53. The van der Waals surface area contributed by atoms with E-state index in [-0.39, 0.29) is 17.7 Å². The third kappa shape index (κ3) is 5.89. The number of aryl methyl sites for hydroxylation is 1. The molecule has 0 saturated heterocycles. The minimum Gasteiger partial charge on any atom is -0.444 e. The highest BCUT2D eigenvalue weighted by molar-refractivity contribution is 6.28. The van der Waals surface area contributed by atoms with Gasteiger partial charge < -0.3 is 19.5 Å². The molecule has 8 nitrogen and oxygen atoms in total. The summed E-state index contributed by atoms with van der Waals surface area (Å²) < 4.78 is 45.7. The monoisotopic (exact) mass is 522 g/mol. The molecular weight excluding hydrogens is 497 g/mol. The number of imidazole rings is 1. The number of amides is 1. The number of alkyl halides is 3. The van der Waals surface area contributed by atoms with Gasteiger partial charge in [-0.25, -0.2) is 19.7 Å². The average molecular weight is 523 g/mol. The molecule has 1 aliphatic rings. The number of rotatable bonds is 4. The SMILES string of the molecule is Cn1cc(C(F)(F)F)nc1-c1ccc(CNc2nc(Cl)nc3c2CCN(C(=O)OC(C)(C)C)C3)cc1. The first kappa shape index (κ1) is 25.7. The van der Waals surface area contributed by atoms with E-state index in [2.05, 4.69) is 20.3 Å². The van der Waals surface area contributed by atoms with Gasteiger partial charge in [0.1, 0.15) is 17.2 Å². The van der Waals surface area contributed by atoms with Gasteiger partial charge in [0.05, 0.1) is 12.2 Å². The zero-order valence-electron chi connectivity index (χ0n) is 20.3. The Kier molecular flexibility index (Phi) is 6.87. The smallest absolute Gasteiger partial charge is 0.434 e. The molecule has 12 heteroatoms. The number of hydrogen-bond donors (Lipinski definition) is 1. The Labute approximate surface area is 211 Å². The molecule has 0 aliphatic carbocycles. The Hall–Kier alpha value is -3.34. The van der Waals surface area contributed by atoms with Crippen LogP contribution in [0.15, 0.2) is 30.5 Å². The van der Waals surface area contributed by atoms with Gasteiger partial charge in [-0.2, -0.15) is 13.2 Å². The van der Waals surface area contributed by atoms with Crippen molar-refractivity contribution in [2.45, 2.75) is 52.1 Å². The summed E-state index contributed by atoms with van der Waals surface area (Å²) in [5, 5.41) is 3.33. The van der Waals surface area contributed by atoms with Gasteiger partial charge in [0.15, 0.2) is 5.69 Å². The van der Waals surface area contributed by atoms with Crippen LogP contribution < -0.4 is 5.32 Å². The Balaban J connectivity index is 1.46. The molecule has 0 radical (unpaired) electrons. The van der Waals surface area contributed by atoms with Gasteiger partial charge in [-0.05, 0) is 44.4 Å². The summed E-state index contributed by atoms with van der Waals surface area (Å²) >= 11 is 6.15. The van der Waals surface area contributed by atoms with Crippen LogP contribution in [0.5, 0.6) is 0 Å². The van der Waals surface area contributed by atoms with E-state index in [0.717, 1.165) is 17.3 Å². The van der Waals surface area contributed by atoms with Crippen molar-refractivity contribution in [3.05, 3.63) is 58.3 Å². The number of carbonyl (C=O) groups is 1. The van der Waals surface area contributed by atoms with Crippen molar-refractivity contribution in [3.8, 4) is 11.4 Å². The fourth-order valence-electron chi connectivity index (χ4n) is 3.86. The highest BCUT2D eigenvalue weighted by Crippen LogP contribution is 2.31.